The van der Waals surface area contributed by atoms with Gasteiger partial charge in [0.25, 0.3) is 5.56 Å². The second-order valence-electron chi connectivity index (χ2n) is 6.50. The molecule has 148 valence electrons. The molecule has 3 rings (SSSR count). The van der Waals surface area contributed by atoms with Crippen molar-refractivity contribution in [3.05, 3.63) is 56.5 Å². The Morgan fingerprint density at radius 3 is 2.39 bits per heavy atom. The second-order valence-corrected chi connectivity index (χ2v) is 6.50. The molecule has 0 spiro atoms. The third kappa shape index (κ3) is 3.93. The molecule has 1 aromatic carbocycles. The molecule has 7 heteroatoms. The first-order valence-electron chi connectivity index (χ1n) is 9.73. The Hall–Kier alpha value is -3.09. The van der Waals surface area contributed by atoms with Gasteiger partial charge in [-0.3, -0.25) is 13.9 Å². The maximum atomic E-state index is 12.5. The number of hydrogen-bond acceptors (Lipinski definition) is 4. The summed E-state index contributed by atoms with van der Waals surface area (Å²) in [4.78, 5) is 32.4. The summed E-state index contributed by atoms with van der Waals surface area (Å²) in [5.74, 6) is 1.38. The van der Waals surface area contributed by atoms with Crippen LogP contribution in [0.1, 0.15) is 45.0 Å². The lowest BCUT2D eigenvalue weighted by atomic mass is 10.2. The number of H-pyrrole nitrogens is 1. The van der Waals surface area contributed by atoms with E-state index in [0.717, 1.165) is 30.8 Å². The van der Waals surface area contributed by atoms with Crippen molar-refractivity contribution in [2.75, 3.05) is 6.61 Å². The third-order valence-electron chi connectivity index (χ3n) is 4.59. The topological polar surface area (TPSA) is 81.9 Å². The highest BCUT2D eigenvalue weighted by atomic mass is 16.5. The molecule has 1 N–H and O–H groups in total. The van der Waals surface area contributed by atoms with Gasteiger partial charge in [0, 0.05) is 13.1 Å². The molecule has 7 nitrogen and oxygen atoms in total. The van der Waals surface area contributed by atoms with Crippen molar-refractivity contribution in [2.45, 2.75) is 46.7 Å². The highest BCUT2D eigenvalue weighted by Gasteiger charge is 2.14. The molecule has 0 saturated heterocycles. The van der Waals surface area contributed by atoms with E-state index in [1.807, 2.05) is 37.3 Å². The number of benzene rings is 1. The number of ether oxygens (including phenoxy) is 1. The first-order chi connectivity index (χ1) is 13.6. The van der Waals surface area contributed by atoms with Gasteiger partial charge in [-0.2, -0.15) is 0 Å². The number of fused-ring (bicyclic) bond motifs is 1. The van der Waals surface area contributed by atoms with Crippen molar-refractivity contribution in [3.63, 3.8) is 0 Å². The number of unbranched alkanes of at least 4 members (excludes halogenated alkanes) is 1. The van der Waals surface area contributed by atoms with Crippen molar-refractivity contribution in [2.24, 2.45) is 0 Å². The number of imidazole rings is 1. The standard InChI is InChI=1S/C21H26N4O3/c1-4-7-14-28-16-11-8-15(9-12-16)10-13-17-22-18-19(23-17)24(5-2)21(27)25(6-3)20(18)26/h8-13H,4-7,14H2,1-3H3,(H,22,23). The highest BCUT2D eigenvalue weighted by Crippen LogP contribution is 2.15. The van der Waals surface area contributed by atoms with Crippen LogP contribution in [0.2, 0.25) is 0 Å². The number of nitrogens with one attached hydrogen (secondary N) is 1. The zero-order chi connectivity index (χ0) is 20.1. The van der Waals surface area contributed by atoms with Crippen molar-refractivity contribution >= 4 is 23.3 Å². The van der Waals surface area contributed by atoms with Gasteiger partial charge in [-0.1, -0.05) is 31.6 Å². The molecule has 0 saturated carbocycles. The van der Waals surface area contributed by atoms with Gasteiger partial charge in [0.1, 0.15) is 17.1 Å². The predicted octanol–water partition coefficient (Wildman–Crippen LogP) is 3.28. The van der Waals surface area contributed by atoms with E-state index in [0.29, 0.717) is 30.1 Å². The lowest BCUT2D eigenvalue weighted by molar-refractivity contribution is 0.309. The first-order valence-corrected chi connectivity index (χ1v) is 9.73. The lowest BCUT2D eigenvalue weighted by Crippen LogP contribution is -2.39. The molecule has 0 fully saturated rings. The van der Waals surface area contributed by atoms with Gasteiger partial charge in [-0.15, -0.1) is 0 Å². The van der Waals surface area contributed by atoms with Crippen LogP contribution >= 0.6 is 0 Å². The fraction of sp³-hybridized carbons (Fsp3) is 0.381. The van der Waals surface area contributed by atoms with Crippen LogP contribution in [0, 0.1) is 0 Å². The molecule has 2 heterocycles. The number of nitrogens with zero attached hydrogens (tertiary/aromatic N) is 3. The molecule has 0 amide bonds. The number of rotatable bonds is 8. The monoisotopic (exact) mass is 382 g/mol. The van der Waals surface area contributed by atoms with Crippen molar-refractivity contribution in [3.8, 4) is 5.75 Å². The maximum absolute atomic E-state index is 12.5. The summed E-state index contributed by atoms with van der Waals surface area (Å²) in [5.41, 5.74) is 1.06. The Balaban J connectivity index is 1.87. The predicted molar refractivity (Wildman–Crippen MR) is 112 cm³/mol. The van der Waals surface area contributed by atoms with Gasteiger partial charge in [0.15, 0.2) is 5.65 Å². The average Bonchev–Trinajstić information content (AvgIpc) is 3.13. The SMILES string of the molecule is CCCCOc1ccc(C=Cc2nc3c([nH]2)c(=O)n(CC)c(=O)n3CC)cc1. The van der Waals surface area contributed by atoms with E-state index in [2.05, 4.69) is 16.9 Å². The molecule has 2 aromatic heterocycles. The second kappa shape index (κ2) is 8.73. The Morgan fingerprint density at radius 2 is 1.75 bits per heavy atom. The van der Waals surface area contributed by atoms with E-state index in [4.69, 9.17) is 4.74 Å². The van der Waals surface area contributed by atoms with Crippen LogP contribution in [0.15, 0.2) is 33.9 Å². The molecule has 3 aromatic rings. The van der Waals surface area contributed by atoms with E-state index in [1.165, 1.54) is 9.13 Å². The Morgan fingerprint density at radius 1 is 1.04 bits per heavy atom. The molecule has 0 aliphatic heterocycles. The summed E-state index contributed by atoms with van der Waals surface area (Å²) in [7, 11) is 0. The zero-order valence-electron chi connectivity index (χ0n) is 16.6. The molecule has 0 aliphatic carbocycles. The van der Waals surface area contributed by atoms with E-state index < -0.39 is 0 Å². The largest absolute Gasteiger partial charge is 0.494 e. The number of aryl methyl sites for hydroxylation is 1. The summed E-state index contributed by atoms with van der Waals surface area (Å²) in [6.07, 6.45) is 5.84. The fourth-order valence-electron chi connectivity index (χ4n) is 3.01. The summed E-state index contributed by atoms with van der Waals surface area (Å²) in [6, 6.07) is 7.80. The maximum Gasteiger partial charge on any atom is 0.332 e. The van der Waals surface area contributed by atoms with Crippen molar-refractivity contribution in [1.82, 2.24) is 19.1 Å². The quantitative estimate of drug-likeness (QED) is 0.606. The molecular weight excluding hydrogens is 356 g/mol. The van der Waals surface area contributed by atoms with Crippen molar-refractivity contribution < 1.29 is 4.74 Å². The minimum Gasteiger partial charge on any atom is -0.494 e. The van der Waals surface area contributed by atoms with Crippen molar-refractivity contribution in [1.29, 1.82) is 0 Å². The normalized spacial score (nSPS) is 11.5. The Bertz CT molecular complexity index is 1090. The van der Waals surface area contributed by atoms with Crippen LogP contribution in [0.25, 0.3) is 23.3 Å². The fourth-order valence-corrected chi connectivity index (χ4v) is 3.01. The van der Waals surface area contributed by atoms with Gasteiger partial charge >= 0.3 is 5.69 Å². The summed E-state index contributed by atoms with van der Waals surface area (Å²) in [5, 5.41) is 0. The van der Waals surface area contributed by atoms with Crippen LogP contribution in [0.3, 0.4) is 0 Å². The minimum atomic E-state index is -0.340. The van der Waals surface area contributed by atoms with Crippen LogP contribution in [0.4, 0.5) is 0 Å². The van der Waals surface area contributed by atoms with E-state index in [-0.39, 0.29) is 11.2 Å². The van der Waals surface area contributed by atoms with Crippen LogP contribution in [-0.2, 0) is 13.1 Å². The molecule has 0 unspecified atom stereocenters. The highest BCUT2D eigenvalue weighted by molar-refractivity contribution is 5.75. The van der Waals surface area contributed by atoms with Crippen LogP contribution < -0.4 is 16.0 Å². The summed E-state index contributed by atoms with van der Waals surface area (Å²) >= 11 is 0. The Labute approximate surface area is 163 Å². The molecule has 0 bridgehead atoms. The molecule has 28 heavy (non-hydrogen) atoms. The minimum absolute atomic E-state index is 0.324. The number of aromatic amines is 1. The average molecular weight is 382 g/mol. The van der Waals surface area contributed by atoms with Gasteiger partial charge in [-0.25, -0.2) is 9.78 Å². The van der Waals surface area contributed by atoms with E-state index in [9.17, 15) is 9.59 Å². The van der Waals surface area contributed by atoms with E-state index >= 15 is 0 Å². The molecule has 0 aliphatic rings. The van der Waals surface area contributed by atoms with E-state index in [1.54, 1.807) is 13.0 Å². The molecular formula is C21H26N4O3. The molecule has 0 atom stereocenters. The smallest absolute Gasteiger partial charge is 0.332 e. The number of aromatic nitrogens is 4. The number of hydrogen-bond donors (Lipinski definition) is 1. The van der Waals surface area contributed by atoms with Crippen LogP contribution in [-0.4, -0.2) is 25.7 Å². The van der Waals surface area contributed by atoms with Gasteiger partial charge < -0.3 is 9.72 Å². The third-order valence-corrected chi connectivity index (χ3v) is 4.59. The summed E-state index contributed by atoms with van der Waals surface area (Å²) < 4.78 is 8.39. The lowest BCUT2D eigenvalue weighted by Gasteiger charge is -2.06. The first kappa shape index (κ1) is 19.7. The Kier molecular flexibility index (Phi) is 6.13. The van der Waals surface area contributed by atoms with Gasteiger partial charge in [0.05, 0.1) is 6.61 Å². The molecule has 0 radical (unpaired) electrons. The zero-order valence-corrected chi connectivity index (χ0v) is 16.6. The summed E-state index contributed by atoms with van der Waals surface area (Å²) in [6.45, 7) is 7.26. The van der Waals surface area contributed by atoms with Crippen LogP contribution in [0.5, 0.6) is 5.75 Å². The van der Waals surface area contributed by atoms with Gasteiger partial charge in [0.2, 0.25) is 0 Å². The van der Waals surface area contributed by atoms with Gasteiger partial charge in [-0.05, 0) is 44.0 Å².